The van der Waals surface area contributed by atoms with Crippen LogP contribution in [0.25, 0.3) is 16.9 Å². The van der Waals surface area contributed by atoms with Crippen molar-refractivity contribution in [2.24, 2.45) is 0 Å². The largest absolute Gasteiger partial charge is 0.480 e. The van der Waals surface area contributed by atoms with Gasteiger partial charge in [-0.3, -0.25) is 4.40 Å². The van der Waals surface area contributed by atoms with Crippen LogP contribution < -0.4 is 4.74 Å². The number of nitrogens with zero attached hydrogens (tertiary/aromatic N) is 3. The Bertz CT molecular complexity index is 905. The Balaban J connectivity index is 2.18. The summed E-state index contributed by atoms with van der Waals surface area (Å²) in [7, 11) is 1.42. The van der Waals surface area contributed by atoms with E-state index < -0.39 is 11.7 Å². The standard InChI is InChI=1S/C16H10F3N3O/c1-23-15-14(11-4-2-10(9-20)3-5-11)21-13-8-12(16(17,18)19)6-7-22(13)15/h2-8H,1H3. The number of methoxy groups -OCH3 is 1. The number of aromatic nitrogens is 2. The van der Waals surface area contributed by atoms with Crippen LogP contribution in [0.1, 0.15) is 11.1 Å². The molecule has 116 valence electrons. The molecule has 0 aliphatic heterocycles. The fraction of sp³-hybridized carbons (Fsp3) is 0.125. The minimum atomic E-state index is -4.43. The fourth-order valence-electron chi connectivity index (χ4n) is 2.28. The first kappa shape index (κ1) is 14.9. The normalized spacial score (nSPS) is 11.4. The molecular formula is C16H10F3N3O. The van der Waals surface area contributed by atoms with E-state index in [1.807, 2.05) is 6.07 Å². The van der Waals surface area contributed by atoms with E-state index >= 15 is 0 Å². The molecule has 1 aromatic carbocycles. The van der Waals surface area contributed by atoms with Gasteiger partial charge in [0.25, 0.3) is 0 Å². The van der Waals surface area contributed by atoms with Crippen molar-refractivity contribution in [1.29, 1.82) is 5.26 Å². The number of nitriles is 1. The van der Waals surface area contributed by atoms with Gasteiger partial charge in [-0.25, -0.2) is 4.98 Å². The SMILES string of the molecule is COc1c(-c2ccc(C#N)cc2)nc2cc(C(F)(F)F)ccn12. The van der Waals surface area contributed by atoms with E-state index in [2.05, 4.69) is 4.98 Å². The second kappa shape index (κ2) is 5.32. The highest BCUT2D eigenvalue weighted by Gasteiger charge is 2.31. The number of alkyl halides is 3. The highest BCUT2D eigenvalue weighted by molar-refractivity contribution is 5.70. The molecule has 2 heterocycles. The summed E-state index contributed by atoms with van der Waals surface area (Å²) >= 11 is 0. The van der Waals surface area contributed by atoms with Crippen LogP contribution in [-0.2, 0) is 6.18 Å². The van der Waals surface area contributed by atoms with Gasteiger partial charge in [-0.2, -0.15) is 18.4 Å². The second-order valence-electron chi connectivity index (χ2n) is 4.80. The summed E-state index contributed by atoms with van der Waals surface area (Å²) in [6.07, 6.45) is -3.16. The Morgan fingerprint density at radius 1 is 1.17 bits per heavy atom. The third kappa shape index (κ3) is 2.59. The summed E-state index contributed by atoms with van der Waals surface area (Å²) in [5, 5.41) is 8.82. The molecule has 0 saturated carbocycles. The van der Waals surface area contributed by atoms with Gasteiger partial charge < -0.3 is 4.74 Å². The summed E-state index contributed by atoms with van der Waals surface area (Å²) < 4.78 is 45.2. The highest BCUT2D eigenvalue weighted by Crippen LogP contribution is 2.34. The molecule has 0 saturated heterocycles. The lowest BCUT2D eigenvalue weighted by Gasteiger charge is -2.07. The molecule has 3 aromatic rings. The summed E-state index contributed by atoms with van der Waals surface area (Å²) in [4.78, 5) is 4.24. The molecule has 0 spiro atoms. The number of ether oxygens (including phenoxy) is 1. The average molecular weight is 317 g/mol. The number of fused-ring (bicyclic) bond motifs is 1. The van der Waals surface area contributed by atoms with Gasteiger partial charge in [0.05, 0.1) is 24.3 Å². The van der Waals surface area contributed by atoms with Crippen LogP contribution in [0.5, 0.6) is 5.88 Å². The molecule has 0 radical (unpaired) electrons. The lowest BCUT2D eigenvalue weighted by Crippen LogP contribution is -2.05. The maximum Gasteiger partial charge on any atom is 0.416 e. The lowest BCUT2D eigenvalue weighted by atomic mass is 10.1. The molecule has 0 aliphatic carbocycles. The van der Waals surface area contributed by atoms with Gasteiger partial charge in [0, 0.05) is 11.8 Å². The van der Waals surface area contributed by atoms with Crippen LogP contribution >= 0.6 is 0 Å². The van der Waals surface area contributed by atoms with Gasteiger partial charge in [0.2, 0.25) is 5.88 Å². The van der Waals surface area contributed by atoms with Crippen molar-refractivity contribution in [3.63, 3.8) is 0 Å². The average Bonchev–Trinajstić information content (AvgIpc) is 2.91. The number of hydrogen-bond acceptors (Lipinski definition) is 3. The van der Waals surface area contributed by atoms with E-state index in [1.54, 1.807) is 24.3 Å². The first-order valence-electron chi connectivity index (χ1n) is 6.58. The Morgan fingerprint density at radius 3 is 2.43 bits per heavy atom. The van der Waals surface area contributed by atoms with E-state index in [-0.39, 0.29) is 5.65 Å². The van der Waals surface area contributed by atoms with E-state index in [0.29, 0.717) is 22.7 Å². The summed E-state index contributed by atoms with van der Waals surface area (Å²) in [6.45, 7) is 0. The van der Waals surface area contributed by atoms with Gasteiger partial charge in [-0.05, 0) is 24.3 Å². The number of imidazole rings is 1. The van der Waals surface area contributed by atoms with Crippen LogP contribution in [0.2, 0.25) is 0 Å². The number of halogens is 3. The van der Waals surface area contributed by atoms with Crippen molar-refractivity contribution in [2.75, 3.05) is 7.11 Å². The van der Waals surface area contributed by atoms with Crippen LogP contribution in [0.15, 0.2) is 42.6 Å². The molecule has 0 N–H and O–H groups in total. The monoisotopic (exact) mass is 317 g/mol. The van der Waals surface area contributed by atoms with Gasteiger partial charge in [0.1, 0.15) is 11.3 Å². The Kier molecular flexibility index (Phi) is 3.45. The first-order valence-corrected chi connectivity index (χ1v) is 6.58. The van der Waals surface area contributed by atoms with E-state index in [0.717, 1.165) is 12.1 Å². The molecule has 0 amide bonds. The van der Waals surface area contributed by atoms with Crippen LogP contribution in [0, 0.1) is 11.3 Å². The molecule has 4 nitrogen and oxygen atoms in total. The van der Waals surface area contributed by atoms with Crippen molar-refractivity contribution < 1.29 is 17.9 Å². The van der Waals surface area contributed by atoms with Gasteiger partial charge >= 0.3 is 6.18 Å². The molecule has 3 rings (SSSR count). The third-order valence-corrected chi connectivity index (χ3v) is 3.39. The maximum atomic E-state index is 12.8. The zero-order chi connectivity index (χ0) is 16.6. The van der Waals surface area contributed by atoms with E-state index in [9.17, 15) is 13.2 Å². The van der Waals surface area contributed by atoms with Gasteiger partial charge in [0.15, 0.2) is 0 Å². The predicted molar refractivity (Wildman–Crippen MR) is 76.9 cm³/mol. The second-order valence-corrected chi connectivity index (χ2v) is 4.80. The molecule has 7 heteroatoms. The van der Waals surface area contributed by atoms with Crippen LogP contribution in [-0.4, -0.2) is 16.5 Å². The first-order chi connectivity index (χ1) is 10.9. The number of pyridine rings is 1. The van der Waals surface area contributed by atoms with Crippen molar-refractivity contribution in [3.8, 4) is 23.2 Å². The molecule has 0 aliphatic rings. The van der Waals surface area contributed by atoms with Crippen molar-refractivity contribution in [3.05, 3.63) is 53.7 Å². The molecule has 2 aromatic heterocycles. The lowest BCUT2D eigenvalue weighted by molar-refractivity contribution is -0.137. The van der Waals surface area contributed by atoms with Crippen molar-refractivity contribution >= 4 is 5.65 Å². The summed E-state index contributed by atoms with van der Waals surface area (Å²) in [5.41, 5.74) is 0.908. The molecule has 0 unspecified atom stereocenters. The van der Waals surface area contributed by atoms with Crippen molar-refractivity contribution in [1.82, 2.24) is 9.38 Å². The zero-order valence-electron chi connectivity index (χ0n) is 11.9. The molecule has 0 bridgehead atoms. The summed E-state index contributed by atoms with van der Waals surface area (Å²) in [5.74, 6) is 0.332. The van der Waals surface area contributed by atoms with E-state index in [4.69, 9.17) is 10.00 Å². The van der Waals surface area contributed by atoms with Gasteiger partial charge in [-0.1, -0.05) is 12.1 Å². The smallest absolute Gasteiger partial charge is 0.416 e. The fourth-order valence-corrected chi connectivity index (χ4v) is 2.28. The van der Waals surface area contributed by atoms with E-state index in [1.165, 1.54) is 17.7 Å². The minimum Gasteiger partial charge on any atom is -0.480 e. The molecule has 0 atom stereocenters. The molecular weight excluding hydrogens is 307 g/mol. The number of rotatable bonds is 2. The zero-order valence-corrected chi connectivity index (χ0v) is 11.9. The molecule has 0 fully saturated rings. The highest BCUT2D eigenvalue weighted by atomic mass is 19.4. The van der Waals surface area contributed by atoms with Crippen LogP contribution in [0.4, 0.5) is 13.2 Å². The Morgan fingerprint density at radius 2 is 1.87 bits per heavy atom. The Hall–Kier alpha value is -3.01. The minimum absolute atomic E-state index is 0.135. The predicted octanol–water partition coefficient (Wildman–Crippen LogP) is 3.90. The number of benzene rings is 1. The summed E-state index contributed by atoms with van der Waals surface area (Å²) in [6, 6.07) is 10.5. The molecule has 23 heavy (non-hydrogen) atoms. The maximum absolute atomic E-state index is 12.8. The Labute approximate surface area is 129 Å². The van der Waals surface area contributed by atoms with Crippen molar-refractivity contribution in [2.45, 2.75) is 6.18 Å². The quantitative estimate of drug-likeness (QED) is 0.720. The van der Waals surface area contributed by atoms with Gasteiger partial charge in [-0.15, -0.1) is 0 Å². The number of hydrogen-bond donors (Lipinski definition) is 0. The third-order valence-electron chi connectivity index (χ3n) is 3.39. The van der Waals surface area contributed by atoms with Crippen LogP contribution in [0.3, 0.4) is 0 Å². The topological polar surface area (TPSA) is 50.3 Å².